The molecule has 3 rings (SSSR count). The van der Waals surface area contributed by atoms with Crippen LogP contribution in [0.4, 0.5) is 0 Å². The third-order valence-corrected chi connectivity index (χ3v) is 4.85. The van der Waals surface area contributed by atoms with Crippen molar-refractivity contribution >= 4 is 5.78 Å². The van der Waals surface area contributed by atoms with E-state index in [0.29, 0.717) is 24.5 Å². The molecule has 1 aromatic heterocycles. The molecule has 0 saturated carbocycles. The fourth-order valence-corrected chi connectivity index (χ4v) is 3.25. The lowest BCUT2D eigenvalue weighted by Crippen LogP contribution is -2.36. The Labute approximate surface area is 154 Å². The lowest BCUT2D eigenvalue weighted by molar-refractivity contribution is 0.0774. The first-order chi connectivity index (χ1) is 12.6. The van der Waals surface area contributed by atoms with Gasteiger partial charge < -0.3 is 14.4 Å². The van der Waals surface area contributed by atoms with Gasteiger partial charge in [0.1, 0.15) is 17.3 Å². The minimum atomic E-state index is -0.187. The van der Waals surface area contributed by atoms with E-state index in [4.69, 9.17) is 4.74 Å². The van der Waals surface area contributed by atoms with Gasteiger partial charge in [-0.2, -0.15) is 0 Å². The molecule has 2 aromatic rings. The number of likely N-dealkylation sites (tertiary alicyclic amines) is 1. The molecule has 0 radical (unpaired) electrons. The van der Waals surface area contributed by atoms with Crippen LogP contribution in [0.1, 0.15) is 41.6 Å². The minimum Gasteiger partial charge on any atom is -0.485 e. The average Bonchev–Trinajstić information content (AvgIpc) is 3.05. The number of ketones is 1. The second-order valence-corrected chi connectivity index (χ2v) is 6.84. The van der Waals surface area contributed by atoms with E-state index < -0.39 is 0 Å². The van der Waals surface area contributed by atoms with Gasteiger partial charge in [-0.05, 0) is 38.8 Å². The molecule has 0 aliphatic carbocycles. The third-order valence-electron chi connectivity index (χ3n) is 4.85. The Morgan fingerprint density at radius 2 is 1.96 bits per heavy atom. The van der Waals surface area contributed by atoms with E-state index in [1.165, 1.54) is 0 Å². The van der Waals surface area contributed by atoms with Crippen molar-refractivity contribution in [2.45, 2.75) is 45.9 Å². The second-order valence-electron chi connectivity index (χ2n) is 6.84. The number of carbonyl (C=O) groups excluding carboxylic acids is 1. The molecule has 1 aliphatic heterocycles. The van der Waals surface area contributed by atoms with Gasteiger partial charge in [0.25, 0.3) is 0 Å². The number of hydrogen-bond donors (Lipinski definition) is 1. The monoisotopic (exact) mass is 357 g/mol. The number of rotatable bonds is 7. The Hall–Kier alpha value is -2.18. The van der Waals surface area contributed by atoms with E-state index in [1.54, 1.807) is 6.20 Å². The predicted molar refractivity (Wildman–Crippen MR) is 99.4 cm³/mol. The highest BCUT2D eigenvalue weighted by Crippen LogP contribution is 2.16. The van der Waals surface area contributed by atoms with Crippen LogP contribution in [0.5, 0.6) is 5.75 Å². The fourth-order valence-electron chi connectivity index (χ4n) is 3.25. The molecule has 140 valence electrons. The summed E-state index contributed by atoms with van der Waals surface area (Å²) < 4.78 is 7.58. The molecule has 2 heterocycles. The topological polar surface area (TPSA) is 67.6 Å². The molecular weight excluding hydrogens is 330 g/mol. The number of ether oxygens (including phenoxy) is 1. The van der Waals surface area contributed by atoms with Gasteiger partial charge in [-0.3, -0.25) is 9.69 Å². The minimum absolute atomic E-state index is 0.00407. The van der Waals surface area contributed by atoms with Crippen LogP contribution >= 0.6 is 0 Å². The lowest BCUT2D eigenvalue weighted by Gasteiger charge is -2.29. The van der Waals surface area contributed by atoms with Crippen molar-refractivity contribution in [3.8, 4) is 5.75 Å². The summed E-state index contributed by atoms with van der Waals surface area (Å²) in [6, 6.07) is 7.67. The maximum Gasteiger partial charge on any atom is 0.218 e. The highest BCUT2D eigenvalue weighted by molar-refractivity contribution is 5.95. The number of aliphatic hydroxyl groups excluding tert-OH is 1. The smallest absolute Gasteiger partial charge is 0.218 e. The number of hydrogen-bond acceptors (Lipinski definition) is 5. The molecule has 1 aromatic carbocycles. The molecule has 1 saturated heterocycles. The molecule has 6 heteroatoms. The van der Waals surface area contributed by atoms with Crippen LogP contribution in [0, 0.1) is 6.92 Å². The van der Waals surface area contributed by atoms with Crippen LogP contribution in [-0.4, -0.2) is 51.1 Å². The van der Waals surface area contributed by atoms with Crippen molar-refractivity contribution in [1.29, 1.82) is 0 Å². The molecule has 0 unspecified atom stereocenters. The maximum atomic E-state index is 12.6. The van der Waals surface area contributed by atoms with Crippen molar-refractivity contribution in [2.24, 2.45) is 0 Å². The predicted octanol–water partition coefficient (Wildman–Crippen LogP) is 2.43. The molecular formula is C20H27N3O3. The number of Topliss-reactive ketones (excluding diaryl/α,β-unsaturated/α-hetero) is 1. The standard InChI is InChI=1S/C20H27N3O3/c1-3-23-18(19(25)14-26-17-6-4-15(2)5-7-17)12-21-20(23)13-22-10-8-16(24)9-11-22/h4-7,12,16,24H,3,8-11,13-14H2,1-2H3. The average molecular weight is 357 g/mol. The maximum absolute atomic E-state index is 12.6. The number of carbonyl (C=O) groups is 1. The van der Waals surface area contributed by atoms with Crippen molar-refractivity contribution in [3.63, 3.8) is 0 Å². The molecule has 1 aliphatic rings. The van der Waals surface area contributed by atoms with Gasteiger partial charge in [0.05, 0.1) is 18.8 Å². The van der Waals surface area contributed by atoms with Crippen LogP contribution < -0.4 is 4.74 Å². The lowest BCUT2D eigenvalue weighted by atomic mass is 10.1. The number of aryl methyl sites for hydroxylation is 1. The molecule has 0 spiro atoms. The van der Waals surface area contributed by atoms with Crippen molar-refractivity contribution in [2.75, 3.05) is 19.7 Å². The quantitative estimate of drug-likeness (QED) is 0.771. The zero-order chi connectivity index (χ0) is 18.5. The summed E-state index contributed by atoms with van der Waals surface area (Å²) in [5, 5.41) is 9.63. The van der Waals surface area contributed by atoms with Crippen molar-refractivity contribution in [3.05, 3.63) is 47.5 Å². The van der Waals surface area contributed by atoms with E-state index in [0.717, 1.165) is 37.3 Å². The van der Waals surface area contributed by atoms with Gasteiger partial charge in [-0.25, -0.2) is 4.98 Å². The normalized spacial score (nSPS) is 16.0. The van der Waals surface area contributed by atoms with Crippen LogP contribution in [0.15, 0.2) is 30.5 Å². The number of imidazole rings is 1. The summed E-state index contributed by atoms with van der Waals surface area (Å²) in [5.41, 5.74) is 1.74. The summed E-state index contributed by atoms with van der Waals surface area (Å²) in [4.78, 5) is 19.3. The first-order valence-corrected chi connectivity index (χ1v) is 9.24. The van der Waals surface area contributed by atoms with Crippen molar-refractivity contribution < 1.29 is 14.6 Å². The SMILES string of the molecule is CCn1c(C(=O)COc2ccc(C)cc2)cnc1CN1CCC(O)CC1. The summed E-state index contributed by atoms with van der Waals surface area (Å²) in [7, 11) is 0. The zero-order valence-electron chi connectivity index (χ0n) is 15.5. The van der Waals surface area contributed by atoms with E-state index in [2.05, 4.69) is 9.88 Å². The fraction of sp³-hybridized carbons (Fsp3) is 0.500. The first kappa shape index (κ1) is 18.6. The Kier molecular flexibility index (Phi) is 6.06. The summed E-state index contributed by atoms with van der Waals surface area (Å²) in [5.74, 6) is 1.52. The number of benzene rings is 1. The van der Waals surface area contributed by atoms with Gasteiger partial charge in [0.15, 0.2) is 6.61 Å². The van der Waals surface area contributed by atoms with Crippen LogP contribution in [-0.2, 0) is 13.1 Å². The van der Waals surface area contributed by atoms with Crippen LogP contribution in [0.3, 0.4) is 0 Å². The number of nitrogens with zero attached hydrogens (tertiary/aromatic N) is 3. The molecule has 26 heavy (non-hydrogen) atoms. The molecule has 6 nitrogen and oxygen atoms in total. The Morgan fingerprint density at radius 3 is 2.62 bits per heavy atom. The molecule has 0 bridgehead atoms. The second kappa shape index (κ2) is 8.47. The van der Waals surface area contributed by atoms with Gasteiger partial charge in [0.2, 0.25) is 5.78 Å². The number of piperidine rings is 1. The highest BCUT2D eigenvalue weighted by Gasteiger charge is 2.21. The third kappa shape index (κ3) is 4.51. The Morgan fingerprint density at radius 1 is 1.27 bits per heavy atom. The van der Waals surface area contributed by atoms with Gasteiger partial charge in [0, 0.05) is 19.6 Å². The van der Waals surface area contributed by atoms with E-state index in [-0.39, 0.29) is 18.5 Å². The van der Waals surface area contributed by atoms with Gasteiger partial charge in [-0.15, -0.1) is 0 Å². The highest BCUT2D eigenvalue weighted by atomic mass is 16.5. The molecule has 0 atom stereocenters. The van der Waals surface area contributed by atoms with Crippen LogP contribution in [0.25, 0.3) is 0 Å². The van der Waals surface area contributed by atoms with Gasteiger partial charge >= 0.3 is 0 Å². The summed E-state index contributed by atoms with van der Waals surface area (Å²) >= 11 is 0. The Balaban J connectivity index is 1.63. The summed E-state index contributed by atoms with van der Waals surface area (Å²) in [6.07, 6.45) is 3.05. The van der Waals surface area contributed by atoms with E-state index in [1.807, 2.05) is 42.7 Å². The first-order valence-electron chi connectivity index (χ1n) is 9.24. The molecule has 0 amide bonds. The largest absolute Gasteiger partial charge is 0.485 e. The van der Waals surface area contributed by atoms with E-state index >= 15 is 0 Å². The molecule has 1 fully saturated rings. The van der Waals surface area contributed by atoms with Crippen molar-refractivity contribution in [1.82, 2.24) is 14.5 Å². The molecule has 1 N–H and O–H groups in total. The summed E-state index contributed by atoms with van der Waals surface area (Å²) in [6.45, 7) is 7.14. The van der Waals surface area contributed by atoms with Crippen LogP contribution in [0.2, 0.25) is 0 Å². The Bertz CT molecular complexity index is 731. The van der Waals surface area contributed by atoms with E-state index in [9.17, 15) is 9.90 Å². The zero-order valence-corrected chi connectivity index (χ0v) is 15.5. The van der Waals surface area contributed by atoms with Gasteiger partial charge in [-0.1, -0.05) is 17.7 Å². The number of aromatic nitrogens is 2. The number of aliphatic hydroxyl groups is 1.